The van der Waals surface area contributed by atoms with E-state index in [1.54, 1.807) is 12.1 Å². The molecule has 0 amide bonds. The standard InChI is InChI=1S/C13H16FN5O/c14-10-1-3-11(4-2-10)18-5-7-19(8-6-18)13-17-16-12(9-15)20-13/h1-4H,5-9,15H2. The Balaban J connectivity index is 1.63. The van der Waals surface area contributed by atoms with Gasteiger partial charge in [0.1, 0.15) is 5.82 Å². The Bertz CT molecular complexity index is 562. The zero-order valence-electron chi connectivity index (χ0n) is 11.0. The van der Waals surface area contributed by atoms with Crippen LogP contribution in [0.4, 0.5) is 16.1 Å². The van der Waals surface area contributed by atoms with E-state index in [1.807, 2.05) is 4.90 Å². The van der Waals surface area contributed by atoms with E-state index in [4.69, 9.17) is 10.2 Å². The molecule has 1 saturated heterocycles. The summed E-state index contributed by atoms with van der Waals surface area (Å²) < 4.78 is 18.3. The van der Waals surface area contributed by atoms with Crippen LogP contribution in [0.3, 0.4) is 0 Å². The molecule has 106 valence electrons. The summed E-state index contributed by atoms with van der Waals surface area (Å²) in [7, 11) is 0. The first-order valence-electron chi connectivity index (χ1n) is 6.54. The third-order valence-electron chi connectivity index (χ3n) is 3.37. The highest BCUT2D eigenvalue weighted by Gasteiger charge is 2.21. The smallest absolute Gasteiger partial charge is 0.318 e. The predicted octanol–water partition coefficient (Wildman–Crippen LogP) is 0.994. The van der Waals surface area contributed by atoms with Gasteiger partial charge in [-0.25, -0.2) is 4.39 Å². The maximum Gasteiger partial charge on any atom is 0.318 e. The van der Waals surface area contributed by atoms with E-state index < -0.39 is 0 Å². The van der Waals surface area contributed by atoms with Gasteiger partial charge in [-0.2, -0.15) is 0 Å². The molecule has 3 rings (SSSR count). The van der Waals surface area contributed by atoms with Crippen molar-refractivity contribution in [2.75, 3.05) is 36.0 Å². The van der Waals surface area contributed by atoms with Crippen LogP contribution in [0.25, 0.3) is 0 Å². The average Bonchev–Trinajstić information content (AvgIpc) is 2.97. The van der Waals surface area contributed by atoms with Crippen LogP contribution < -0.4 is 15.5 Å². The molecule has 1 aromatic heterocycles. The van der Waals surface area contributed by atoms with Crippen LogP contribution in [0.15, 0.2) is 28.7 Å². The monoisotopic (exact) mass is 277 g/mol. The first-order chi connectivity index (χ1) is 9.76. The topological polar surface area (TPSA) is 71.4 Å². The molecular formula is C13H16FN5O. The van der Waals surface area contributed by atoms with Crippen LogP contribution in [0.2, 0.25) is 0 Å². The molecule has 6 nitrogen and oxygen atoms in total. The van der Waals surface area contributed by atoms with Crippen molar-refractivity contribution in [3.8, 4) is 0 Å². The Kier molecular flexibility index (Phi) is 3.51. The second-order valence-electron chi connectivity index (χ2n) is 4.63. The third kappa shape index (κ3) is 2.57. The van der Waals surface area contributed by atoms with Gasteiger partial charge in [0.25, 0.3) is 0 Å². The van der Waals surface area contributed by atoms with Gasteiger partial charge in [-0.1, -0.05) is 5.10 Å². The molecule has 0 atom stereocenters. The summed E-state index contributed by atoms with van der Waals surface area (Å²) in [5.74, 6) is 0.230. The number of aromatic nitrogens is 2. The molecule has 2 N–H and O–H groups in total. The molecule has 0 aliphatic carbocycles. The minimum Gasteiger partial charge on any atom is -0.407 e. The summed E-state index contributed by atoms with van der Waals surface area (Å²) in [6.07, 6.45) is 0. The zero-order valence-corrected chi connectivity index (χ0v) is 11.0. The molecule has 20 heavy (non-hydrogen) atoms. The van der Waals surface area contributed by atoms with E-state index in [2.05, 4.69) is 15.1 Å². The Hall–Kier alpha value is -2.15. The summed E-state index contributed by atoms with van der Waals surface area (Å²) in [4.78, 5) is 4.24. The van der Waals surface area contributed by atoms with Crippen LogP contribution >= 0.6 is 0 Å². The van der Waals surface area contributed by atoms with Gasteiger partial charge in [-0.3, -0.25) is 0 Å². The Morgan fingerprint density at radius 3 is 2.30 bits per heavy atom. The second-order valence-corrected chi connectivity index (χ2v) is 4.63. The molecule has 1 aliphatic rings. The minimum absolute atomic E-state index is 0.215. The summed E-state index contributed by atoms with van der Waals surface area (Å²) in [5, 5.41) is 7.84. The van der Waals surface area contributed by atoms with Gasteiger partial charge in [0.15, 0.2) is 0 Å². The summed E-state index contributed by atoms with van der Waals surface area (Å²) in [6, 6.07) is 7.07. The van der Waals surface area contributed by atoms with E-state index >= 15 is 0 Å². The van der Waals surface area contributed by atoms with Crippen molar-refractivity contribution in [1.29, 1.82) is 0 Å². The van der Waals surface area contributed by atoms with Gasteiger partial charge in [0.2, 0.25) is 5.89 Å². The molecular weight excluding hydrogens is 261 g/mol. The number of halogens is 1. The maximum atomic E-state index is 12.9. The van der Waals surface area contributed by atoms with Crippen LogP contribution in [0.1, 0.15) is 5.89 Å². The van der Waals surface area contributed by atoms with Gasteiger partial charge in [0, 0.05) is 31.9 Å². The van der Waals surface area contributed by atoms with E-state index in [1.165, 1.54) is 12.1 Å². The normalized spacial score (nSPS) is 15.7. The number of rotatable bonds is 3. The molecule has 0 radical (unpaired) electrons. The van der Waals surface area contributed by atoms with E-state index in [0.717, 1.165) is 31.9 Å². The van der Waals surface area contributed by atoms with Crippen LogP contribution in [0.5, 0.6) is 0 Å². The van der Waals surface area contributed by atoms with Crippen molar-refractivity contribution in [2.45, 2.75) is 6.54 Å². The van der Waals surface area contributed by atoms with Crippen molar-refractivity contribution in [1.82, 2.24) is 10.2 Å². The number of nitrogens with zero attached hydrogens (tertiary/aromatic N) is 4. The average molecular weight is 277 g/mol. The zero-order chi connectivity index (χ0) is 13.9. The molecule has 0 spiro atoms. The van der Waals surface area contributed by atoms with Gasteiger partial charge >= 0.3 is 6.01 Å². The fourth-order valence-electron chi connectivity index (χ4n) is 2.26. The van der Waals surface area contributed by atoms with Crippen molar-refractivity contribution < 1.29 is 8.81 Å². The minimum atomic E-state index is -0.215. The molecule has 1 fully saturated rings. The van der Waals surface area contributed by atoms with Crippen molar-refractivity contribution in [3.63, 3.8) is 0 Å². The van der Waals surface area contributed by atoms with Crippen LogP contribution in [0, 0.1) is 5.82 Å². The highest BCUT2D eigenvalue weighted by Crippen LogP contribution is 2.19. The van der Waals surface area contributed by atoms with E-state index in [-0.39, 0.29) is 12.4 Å². The largest absolute Gasteiger partial charge is 0.407 e. The number of hydrogen-bond donors (Lipinski definition) is 1. The molecule has 0 unspecified atom stereocenters. The van der Waals surface area contributed by atoms with Gasteiger partial charge < -0.3 is 20.0 Å². The number of nitrogens with two attached hydrogens (primary N) is 1. The molecule has 2 heterocycles. The van der Waals surface area contributed by atoms with Crippen LogP contribution in [-0.4, -0.2) is 36.4 Å². The molecule has 1 aromatic carbocycles. The molecule has 7 heteroatoms. The van der Waals surface area contributed by atoms with Gasteiger partial charge in [-0.05, 0) is 24.3 Å². The lowest BCUT2D eigenvalue weighted by molar-refractivity contribution is 0.476. The predicted molar refractivity (Wildman–Crippen MR) is 73.0 cm³/mol. The number of hydrogen-bond acceptors (Lipinski definition) is 6. The second kappa shape index (κ2) is 5.46. The lowest BCUT2D eigenvalue weighted by atomic mass is 10.2. The SMILES string of the molecule is NCc1nnc(N2CCN(c3ccc(F)cc3)CC2)o1. The van der Waals surface area contributed by atoms with Crippen molar-refractivity contribution >= 4 is 11.7 Å². The summed E-state index contributed by atoms with van der Waals surface area (Å²) in [5.41, 5.74) is 6.48. The molecule has 2 aromatic rings. The molecule has 1 aliphatic heterocycles. The highest BCUT2D eigenvalue weighted by atomic mass is 19.1. The van der Waals surface area contributed by atoms with Crippen molar-refractivity contribution in [2.24, 2.45) is 5.73 Å². The fourth-order valence-corrected chi connectivity index (χ4v) is 2.26. The van der Waals surface area contributed by atoms with E-state index in [0.29, 0.717) is 11.9 Å². The lowest BCUT2D eigenvalue weighted by Gasteiger charge is -2.35. The van der Waals surface area contributed by atoms with Gasteiger partial charge in [0.05, 0.1) is 6.54 Å². The molecule has 0 bridgehead atoms. The summed E-state index contributed by atoms with van der Waals surface area (Å²) >= 11 is 0. The number of anilines is 2. The number of benzene rings is 1. The Morgan fingerprint density at radius 1 is 1.05 bits per heavy atom. The first-order valence-corrected chi connectivity index (χ1v) is 6.54. The Labute approximate surface area is 116 Å². The maximum absolute atomic E-state index is 12.9. The first kappa shape index (κ1) is 12.9. The van der Waals surface area contributed by atoms with Crippen molar-refractivity contribution in [3.05, 3.63) is 36.0 Å². The van der Waals surface area contributed by atoms with Gasteiger partial charge in [-0.15, -0.1) is 5.10 Å². The fraction of sp³-hybridized carbons (Fsp3) is 0.385. The lowest BCUT2D eigenvalue weighted by Crippen LogP contribution is -2.46. The Morgan fingerprint density at radius 2 is 1.70 bits per heavy atom. The highest BCUT2D eigenvalue weighted by molar-refractivity contribution is 5.48. The number of piperazine rings is 1. The van der Waals surface area contributed by atoms with Crippen LogP contribution in [-0.2, 0) is 6.54 Å². The molecule has 0 saturated carbocycles. The summed E-state index contributed by atoms with van der Waals surface area (Å²) in [6.45, 7) is 3.47. The quantitative estimate of drug-likeness (QED) is 0.902. The van der Waals surface area contributed by atoms with E-state index in [9.17, 15) is 4.39 Å². The third-order valence-corrected chi connectivity index (χ3v) is 3.37.